The van der Waals surface area contributed by atoms with Gasteiger partial charge in [0.25, 0.3) is 0 Å². The molecule has 0 amide bonds. The predicted molar refractivity (Wildman–Crippen MR) is 73.5 cm³/mol. The van der Waals surface area contributed by atoms with Gasteiger partial charge < -0.3 is 25.0 Å². The van der Waals surface area contributed by atoms with Crippen LogP contribution in [-0.4, -0.2) is 55.8 Å². The van der Waals surface area contributed by atoms with Crippen LogP contribution < -0.4 is 10.1 Å². The van der Waals surface area contributed by atoms with Crippen molar-refractivity contribution in [3.05, 3.63) is 29.8 Å². The Morgan fingerprint density at radius 2 is 1.95 bits per heavy atom. The number of hydrogen-bond acceptors (Lipinski definition) is 5. The van der Waals surface area contributed by atoms with Gasteiger partial charge in [-0.25, -0.2) is 0 Å². The maximum atomic E-state index is 9.70. The number of aliphatic hydroxyl groups excluding tert-OH is 2. The van der Waals surface area contributed by atoms with E-state index in [9.17, 15) is 5.11 Å². The molecule has 3 N–H and O–H groups in total. The molecule has 0 aliphatic carbocycles. The van der Waals surface area contributed by atoms with Crippen molar-refractivity contribution in [2.75, 3.05) is 39.5 Å². The Balaban J connectivity index is 2.04. The second kappa shape index (κ2) is 9.75. The average Bonchev–Trinajstić information content (AvgIpc) is 2.42. The number of benzene rings is 1. The van der Waals surface area contributed by atoms with Crippen molar-refractivity contribution in [1.29, 1.82) is 0 Å². The molecule has 1 atom stereocenters. The molecule has 0 heterocycles. The summed E-state index contributed by atoms with van der Waals surface area (Å²) < 4.78 is 10.5. The van der Waals surface area contributed by atoms with Crippen molar-refractivity contribution < 1.29 is 19.7 Å². The first-order chi connectivity index (χ1) is 9.22. The molecule has 0 saturated heterocycles. The summed E-state index contributed by atoms with van der Waals surface area (Å²) >= 11 is 0. The molecular weight excluding hydrogens is 246 g/mol. The fourth-order valence-corrected chi connectivity index (χ4v) is 1.47. The van der Waals surface area contributed by atoms with Crippen molar-refractivity contribution in [3.63, 3.8) is 0 Å². The van der Waals surface area contributed by atoms with Gasteiger partial charge in [0, 0.05) is 13.1 Å². The van der Waals surface area contributed by atoms with Gasteiger partial charge in [-0.2, -0.15) is 0 Å². The number of aryl methyl sites for hydroxylation is 1. The van der Waals surface area contributed by atoms with Crippen molar-refractivity contribution in [2.24, 2.45) is 0 Å². The van der Waals surface area contributed by atoms with Gasteiger partial charge in [0.05, 0.1) is 19.8 Å². The molecule has 0 bridgehead atoms. The maximum Gasteiger partial charge on any atom is 0.119 e. The highest BCUT2D eigenvalue weighted by molar-refractivity contribution is 5.26. The van der Waals surface area contributed by atoms with E-state index in [-0.39, 0.29) is 13.2 Å². The highest BCUT2D eigenvalue weighted by atomic mass is 16.5. The molecule has 0 aliphatic rings. The summed E-state index contributed by atoms with van der Waals surface area (Å²) in [5.74, 6) is 0.760. The summed E-state index contributed by atoms with van der Waals surface area (Å²) in [5, 5.41) is 21.3. The Labute approximate surface area is 114 Å². The first-order valence-corrected chi connectivity index (χ1v) is 6.49. The highest BCUT2D eigenvalue weighted by Gasteiger charge is 2.04. The lowest BCUT2D eigenvalue weighted by Gasteiger charge is -2.13. The summed E-state index contributed by atoms with van der Waals surface area (Å²) in [6.45, 7) is 4.27. The largest absolute Gasteiger partial charge is 0.491 e. The van der Waals surface area contributed by atoms with E-state index in [2.05, 4.69) is 5.32 Å². The Morgan fingerprint density at radius 1 is 1.21 bits per heavy atom. The molecule has 19 heavy (non-hydrogen) atoms. The molecule has 0 unspecified atom stereocenters. The molecule has 0 fully saturated rings. The predicted octanol–water partition coefficient (Wildman–Crippen LogP) is 0.333. The molecule has 108 valence electrons. The first kappa shape index (κ1) is 15.9. The van der Waals surface area contributed by atoms with Crippen LogP contribution in [0.25, 0.3) is 0 Å². The topological polar surface area (TPSA) is 71.0 Å². The van der Waals surface area contributed by atoms with E-state index in [0.717, 1.165) is 5.75 Å². The number of nitrogens with one attached hydrogen (secondary N) is 1. The van der Waals surface area contributed by atoms with Gasteiger partial charge in [0.1, 0.15) is 18.5 Å². The number of hydrogen-bond donors (Lipinski definition) is 3. The minimum absolute atomic E-state index is 0.0347. The molecule has 1 rings (SSSR count). The van der Waals surface area contributed by atoms with E-state index >= 15 is 0 Å². The van der Waals surface area contributed by atoms with Crippen LogP contribution in [-0.2, 0) is 4.74 Å². The molecule has 0 spiro atoms. The quantitative estimate of drug-likeness (QED) is 0.534. The fraction of sp³-hybridized carbons (Fsp3) is 0.571. The van der Waals surface area contributed by atoms with Crippen LogP contribution in [0.4, 0.5) is 0 Å². The zero-order valence-electron chi connectivity index (χ0n) is 11.3. The third-order valence-corrected chi connectivity index (χ3v) is 2.50. The van der Waals surface area contributed by atoms with E-state index in [1.54, 1.807) is 0 Å². The molecular formula is C14H23NO4. The Bertz CT molecular complexity index is 329. The second-order valence-corrected chi connectivity index (χ2v) is 4.32. The third kappa shape index (κ3) is 7.79. The maximum absolute atomic E-state index is 9.70. The van der Waals surface area contributed by atoms with Gasteiger partial charge in [0.2, 0.25) is 0 Å². The zero-order valence-corrected chi connectivity index (χ0v) is 11.3. The normalized spacial score (nSPS) is 12.4. The monoisotopic (exact) mass is 269 g/mol. The summed E-state index contributed by atoms with van der Waals surface area (Å²) in [6, 6.07) is 7.72. The minimum Gasteiger partial charge on any atom is -0.491 e. The van der Waals surface area contributed by atoms with E-state index in [4.69, 9.17) is 14.6 Å². The van der Waals surface area contributed by atoms with Gasteiger partial charge in [0.15, 0.2) is 0 Å². The third-order valence-electron chi connectivity index (χ3n) is 2.50. The summed E-state index contributed by atoms with van der Waals surface area (Å²) in [6.07, 6.45) is -0.556. The van der Waals surface area contributed by atoms with Crippen LogP contribution in [0.3, 0.4) is 0 Å². The molecule has 1 aromatic carbocycles. The number of ether oxygens (including phenoxy) is 2. The lowest BCUT2D eigenvalue weighted by Crippen LogP contribution is -2.33. The van der Waals surface area contributed by atoms with Crippen molar-refractivity contribution >= 4 is 0 Å². The highest BCUT2D eigenvalue weighted by Crippen LogP contribution is 2.11. The Kier molecular flexibility index (Phi) is 8.16. The van der Waals surface area contributed by atoms with E-state index in [0.29, 0.717) is 26.3 Å². The Morgan fingerprint density at radius 3 is 2.63 bits per heavy atom. The van der Waals surface area contributed by atoms with Crippen LogP contribution in [0.15, 0.2) is 24.3 Å². The van der Waals surface area contributed by atoms with Gasteiger partial charge >= 0.3 is 0 Å². The SMILES string of the molecule is Cc1ccc(OC[C@@H](O)CNCCOCCO)cc1. The molecule has 0 aliphatic heterocycles. The molecule has 0 saturated carbocycles. The fourth-order valence-electron chi connectivity index (χ4n) is 1.47. The lowest BCUT2D eigenvalue weighted by molar-refractivity contribution is 0.0842. The van der Waals surface area contributed by atoms with Gasteiger partial charge in [-0.1, -0.05) is 17.7 Å². The van der Waals surface area contributed by atoms with E-state index < -0.39 is 6.10 Å². The van der Waals surface area contributed by atoms with E-state index in [1.807, 2.05) is 31.2 Å². The van der Waals surface area contributed by atoms with Crippen LogP contribution in [0.2, 0.25) is 0 Å². The van der Waals surface area contributed by atoms with Crippen LogP contribution in [0.5, 0.6) is 5.75 Å². The van der Waals surface area contributed by atoms with Crippen LogP contribution >= 0.6 is 0 Å². The van der Waals surface area contributed by atoms with Crippen LogP contribution in [0, 0.1) is 6.92 Å². The van der Waals surface area contributed by atoms with Crippen molar-refractivity contribution in [3.8, 4) is 5.75 Å². The molecule has 1 aromatic rings. The molecule has 0 aromatic heterocycles. The van der Waals surface area contributed by atoms with Crippen LogP contribution in [0.1, 0.15) is 5.56 Å². The summed E-state index contributed by atoms with van der Waals surface area (Å²) in [4.78, 5) is 0. The number of aliphatic hydroxyl groups is 2. The van der Waals surface area contributed by atoms with Gasteiger partial charge in [-0.05, 0) is 19.1 Å². The van der Waals surface area contributed by atoms with Crippen molar-refractivity contribution in [2.45, 2.75) is 13.0 Å². The molecule has 5 nitrogen and oxygen atoms in total. The average molecular weight is 269 g/mol. The summed E-state index contributed by atoms with van der Waals surface area (Å²) in [7, 11) is 0. The Hall–Kier alpha value is -1.14. The molecule has 5 heteroatoms. The minimum atomic E-state index is -0.556. The number of rotatable bonds is 10. The molecule has 0 radical (unpaired) electrons. The smallest absolute Gasteiger partial charge is 0.119 e. The van der Waals surface area contributed by atoms with Crippen molar-refractivity contribution in [1.82, 2.24) is 5.32 Å². The zero-order chi connectivity index (χ0) is 13.9. The van der Waals surface area contributed by atoms with Gasteiger partial charge in [-0.15, -0.1) is 0 Å². The first-order valence-electron chi connectivity index (χ1n) is 6.49. The van der Waals surface area contributed by atoms with Gasteiger partial charge in [-0.3, -0.25) is 0 Å². The standard InChI is InChI=1S/C14H23NO4/c1-12-2-4-14(5-3-12)19-11-13(17)10-15-6-8-18-9-7-16/h2-5,13,15-17H,6-11H2,1H3/t13-/m0/s1. The lowest BCUT2D eigenvalue weighted by atomic mass is 10.2. The van der Waals surface area contributed by atoms with E-state index in [1.165, 1.54) is 5.56 Å². The summed E-state index contributed by atoms with van der Waals surface area (Å²) in [5.41, 5.74) is 1.18. The second-order valence-electron chi connectivity index (χ2n) is 4.32.